The summed E-state index contributed by atoms with van der Waals surface area (Å²) in [4.78, 5) is 27.5. The van der Waals surface area contributed by atoms with Gasteiger partial charge in [-0.15, -0.1) is 0 Å². The molecule has 0 aliphatic carbocycles. The molecule has 0 N–H and O–H groups in total. The van der Waals surface area contributed by atoms with Crippen molar-refractivity contribution in [2.45, 2.75) is 32.9 Å². The smallest absolute Gasteiger partial charge is 0.266 e. The second-order valence-electron chi connectivity index (χ2n) is 7.28. The van der Waals surface area contributed by atoms with E-state index in [2.05, 4.69) is 25.0 Å². The molecule has 0 radical (unpaired) electrons. The number of pyridine rings is 1. The lowest BCUT2D eigenvalue weighted by Crippen LogP contribution is -2.36. The molecular formula is C21H24N6O. The zero-order chi connectivity index (χ0) is 19.3. The molecule has 0 amide bonds. The van der Waals surface area contributed by atoms with Crippen LogP contribution in [0.1, 0.15) is 24.2 Å². The van der Waals surface area contributed by atoms with Crippen LogP contribution >= 0.6 is 0 Å². The molecule has 7 nitrogen and oxygen atoms in total. The molecule has 1 aliphatic heterocycles. The molecule has 0 bridgehead atoms. The van der Waals surface area contributed by atoms with E-state index in [4.69, 9.17) is 0 Å². The Kier molecular flexibility index (Phi) is 5.53. The van der Waals surface area contributed by atoms with E-state index in [1.165, 1.54) is 0 Å². The molecule has 1 fully saturated rings. The molecular weight excluding hydrogens is 352 g/mol. The largest absolute Gasteiger partial charge is 0.297 e. The Balaban J connectivity index is 1.38. The summed E-state index contributed by atoms with van der Waals surface area (Å²) in [5, 5.41) is 4.58. The van der Waals surface area contributed by atoms with Gasteiger partial charge in [-0.2, -0.15) is 5.10 Å². The SMILES string of the molecule is Cc1nccnc1CN1CCC(Cn2nc(-c3ccncc3)ccc2=O)CC1. The third kappa shape index (κ3) is 4.31. The number of hydrogen-bond donors (Lipinski definition) is 0. The van der Waals surface area contributed by atoms with Gasteiger partial charge in [0.25, 0.3) is 5.56 Å². The number of aromatic nitrogens is 5. The highest BCUT2D eigenvalue weighted by Crippen LogP contribution is 2.21. The van der Waals surface area contributed by atoms with Crippen molar-refractivity contribution in [3.05, 3.63) is 70.8 Å². The number of nitrogens with zero attached hydrogens (tertiary/aromatic N) is 6. The molecule has 7 heteroatoms. The average Bonchev–Trinajstić information content (AvgIpc) is 2.73. The number of aryl methyl sites for hydroxylation is 1. The zero-order valence-electron chi connectivity index (χ0n) is 16.0. The molecule has 0 saturated carbocycles. The van der Waals surface area contributed by atoms with Gasteiger partial charge >= 0.3 is 0 Å². The van der Waals surface area contributed by atoms with E-state index in [1.807, 2.05) is 19.1 Å². The van der Waals surface area contributed by atoms with Crippen LogP contribution in [0.5, 0.6) is 0 Å². The Bertz CT molecular complexity index is 979. The molecule has 0 spiro atoms. The molecule has 1 saturated heterocycles. The fraction of sp³-hybridized carbons (Fsp3) is 0.381. The van der Waals surface area contributed by atoms with Gasteiger partial charge in [-0.05, 0) is 57.0 Å². The lowest BCUT2D eigenvalue weighted by molar-refractivity contribution is 0.161. The van der Waals surface area contributed by atoms with Gasteiger partial charge in [0.15, 0.2) is 0 Å². The zero-order valence-corrected chi connectivity index (χ0v) is 16.0. The maximum Gasteiger partial charge on any atom is 0.266 e. The van der Waals surface area contributed by atoms with E-state index in [-0.39, 0.29) is 5.56 Å². The van der Waals surface area contributed by atoms with Crippen LogP contribution in [0.3, 0.4) is 0 Å². The highest BCUT2D eigenvalue weighted by molar-refractivity contribution is 5.56. The highest BCUT2D eigenvalue weighted by Gasteiger charge is 2.21. The fourth-order valence-corrected chi connectivity index (χ4v) is 3.63. The summed E-state index contributed by atoms with van der Waals surface area (Å²) in [6.45, 7) is 5.50. The summed E-state index contributed by atoms with van der Waals surface area (Å²) in [6, 6.07) is 7.20. The summed E-state index contributed by atoms with van der Waals surface area (Å²) in [7, 11) is 0. The normalized spacial score (nSPS) is 15.6. The van der Waals surface area contributed by atoms with Gasteiger partial charge in [0.05, 0.1) is 17.1 Å². The lowest BCUT2D eigenvalue weighted by atomic mass is 9.96. The minimum absolute atomic E-state index is 0.0459. The van der Waals surface area contributed by atoms with Gasteiger partial charge in [0.2, 0.25) is 0 Å². The highest BCUT2D eigenvalue weighted by atomic mass is 16.1. The van der Waals surface area contributed by atoms with Crippen LogP contribution < -0.4 is 5.56 Å². The summed E-state index contributed by atoms with van der Waals surface area (Å²) in [5.41, 5.74) is 3.77. The topological polar surface area (TPSA) is 76.8 Å². The third-order valence-electron chi connectivity index (χ3n) is 5.34. The first-order valence-electron chi connectivity index (χ1n) is 9.66. The van der Waals surface area contributed by atoms with E-state index in [0.29, 0.717) is 12.5 Å². The van der Waals surface area contributed by atoms with Crippen molar-refractivity contribution >= 4 is 0 Å². The van der Waals surface area contributed by atoms with Crippen LogP contribution in [0.4, 0.5) is 0 Å². The molecule has 3 aromatic heterocycles. The van der Waals surface area contributed by atoms with Crippen LogP contribution in [-0.2, 0) is 13.1 Å². The van der Waals surface area contributed by atoms with Crippen molar-refractivity contribution < 1.29 is 0 Å². The van der Waals surface area contributed by atoms with E-state index in [0.717, 1.165) is 55.1 Å². The summed E-state index contributed by atoms with van der Waals surface area (Å²) in [5.74, 6) is 0.456. The van der Waals surface area contributed by atoms with Gasteiger partial charge in [0.1, 0.15) is 0 Å². The maximum absolute atomic E-state index is 12.3. The first-order valence-corrected chi connectivity index (χ1v) is 9.66. The van der Waals surface area contributed by atoms with E-state index >= 15 is 0 Å². The van der Waals surface area contributed by atoms with Crippen LogP contribution in [0.15, 0.2) is 53.8 Å². The molecule has 144 valence electrons. The number of hydrogen-bond acceptors (Lipinski definition) is 6. The van der Waals surface area contributed by atoms with Gasteiger partial charge in [-0.25, -0.2) is 4.68 Å². The van der Waals surface area contributed by atoms with Crippen molar-refractivity contribution in [1.82, 2.24) is 29.6 Å². The Labute approximate surface area is 164 Å². The molecule has 0 atom stereocenters. The van der Waals surface area contributed by atoms with Crippen LogP contribution in [0.25, 0.3) is 11.3 Å². The van der Waals surface area contributed by atoms with Crippen molar-refractivity contribution in [2.24, 2.45) is 5.92 Å². The second kappa shape index (κ2) is 8.39. The third-order valence-corrected chi connectivity index (χ3v) is 5.34. The van der Waals surface area contributed by atoms with Crippen LogP contribution in [0, 0.1) is 12.8 Å². The molecule has 3 aromatic rings. The van der Waals surface area contributed by atoms with Crippen LogP contribution in [-0.4, -0.2) is 42.7 Å². The fourth-order valence-electron chi connectivity index (χ4n) is 3.63. The first-order chi connectivity index (χ1) is 13.7. The molecule has 0 unspecified atom stereocenters. The molecule has 4 heterocycles. The number of rotatable bonds is 5. The predicted molar refractivity (Wildman–Crippen MR) is 106 cm³/mol. The van der Waals surface area contributed by atoms with Gasteiger partial charge < -0.3 is 0 Å². The number of likely N-dealkylation sites (tertiary alicyclic amines) is 1. The molecule has 0 aromatic carbocycles. The maximum atomic E-state index is 12.3. The summed E-state index contributed by atoms with van der Waals surface area (Å²) < 4.78 is 1.61. The van der Waals surface area contributed by atoms with Gasteiger partial charge in [-0.1, -0.05) is 0 Å². The Morgan fingerprint density at radius 3 is 2.50 bits per heavy atom. The Morgan fingerprint density at radius 1 is 1.00 bits per heavy atom. The van der Waals surface area contributed by atoms with Crippen molar-refractivity contribution in [2.75, 3.05) is 13.1 Å². The van der Waals surface area contributed by atoms with Crippen molar-refractivity contribution in [3.63, 3.8) is 0 Å². The lowest BCUT2D eigenvalue weighted by Gasteiger charge is -2.31. The van der Waals surface area contributed by atoms with Gasteiger partial charge in [-0.3, -0.25) is 24.6 Å². The minimum Gasteiger partial charge on any atom is -0.297 e. The standard InChI is InChI=1S/C21H24N6O/c1-16-20(24-11-10-23-16)15-26-12-6-17(7-13-26)14-27-21(28)3-2-19(25-27)18-4-8-22-9-5-18/h2-5,8-11,17H,6-7,12-15H2,1H3. The molecule has 28 heavy (non-hydrogen) atoms. The summed E-state index contributed by atoms with van der Waals surface area (Å²) >= 11 is 0. The molecule has 4 rings (SSSR count). The van der Waals surface area contributed by atoms with E-state index in [1.54, 1.807) is 41.6 Å². The van der Waals surface area contributed by atoms with E-state index in [9.17, 15) is 4.79 Å². The van der Waals surface area contributed by atoms with E-state index < -0.39 is 0 Å². The quantitative estimate of drug-likeness (QED) is 0.680. The summed E-state index contributed by atoms with van der Waals surface area (Å²) in [6.07, 6.45) is 9.06. The molecule has 1 aliphatic rings. The Hall–Kier alpha value is -2.93. The first kappa shape index (κ1) is 18.4. The number of piperidine rings is 1. The van der Waals surface area contributed by atoms with Crippen molar-refractivity contribution in [1.29, 1.82) is 0 Å². The second-order valence-corrected chi connectivity index (χ2v) is 7.28. The minimum atomic E-state index is -0.0459. The predicted octanol–water partition coefficient (Wildman–Crippen LogP) is 2.32. The van der Waals surface area contributed by atoms with Gasteiger partial charge in [0, 0.05) is 49.5 Å². The average molecular weight is 376 g/mol. The monoisotopic (exact) mass is 376 g/mol. The van der Waals surface area contributed by atoms with Crippen LogP contribution in [0.2, 0.25) is 0 Å². The Morgan fingerprint density at radius 2 is 1.75 bits per heavy atom. The van der Waals surface area contributed by atoms with Crippen molar-refractivity contribution in [3.8, 4) is 11.3 Å².